The number of pyridine rings is 1. The Morgan fingerprint density at radius 3 is 2.64 bits per heavy atom. The highest BCUT2D eigenvalue weighted by Crippen LogP contribution is 2.15. The molecule has 0 aromatic carbocycles. The molecule has 0 saturated heterocycles. The molecule has 14 heavy (non-hydrogen) atoms. The van der Waals surface area contributed by atoms with Crippen molar-refractivity contribution in [1.29, 1.82) is 0 Å². The standard InChI is InChI=1S/C10H15ClN2O/c1-7(2)9(5-12)13-6-8(11)3-4-10(13)14/h3-4,6-7,9H,5,12H2,1-2H3. The third-order valence-electron chi connectivity index (χ3n) is 2.27. The second-order valence-corrected chi connectivity index (χ2v) is 4.08. The third kappa shape index (κ3) is 2.36. The van der Waals surface area contributed by atoms with Gasteiger partial charge in [-0.15, -0.1) is 0 Å². The first kappa shape index (κ1) is 11.3. The predicted octanol–water partition coefficient (Wildman–Crippen LogP) is 1.66. The van der Waals surface area contributed by atoms with E-state index in [9.17, 15) is 4.79 Å². The Balaban J connectivity index is 3.15. The average molecular weight is 215 g/mol. The maximum absolute atomic E-state index is 11.5. The van der Waals surface area contributed by atoms with Crippen molar-refractivity contribution in [2.24, 2.45) is 11.7 Å². The van der Waals surface area contributed by atoms with E-state index in [4.69, 9.17) is 17.3 Å². The second kappa shape index (κ2) is 4.62. The first-order valence-electron chi connectivity index (χ1n) is 4.64. The Morgan fingerprint density at radius 1 is 1.50 bits per heavy atom. The molecule has 1 aromatic rings. The molecule has 0 aliphatic carbocycles. The molecule has 3 nitrogen and oxygen atoms in total. The van der Waals surface area contributed by atoms with Crippen molar-refractivity contribution >= 4 is 11.6 Å². The summed E-state index contributed by atoms with van der Waals surface area (Å²) in [5.74, 6) is 0.316. The van der Waals surface area contributed by atoms with E-state index in [1.54, 1.807) is 16.8 Å². The zero-order valence-electron chi connectivity index (χ0n) is 8.40. The van der Waals surface area contributed by atoms with Gasteiger partial charge in [0.15, 0.2) is 0 Å². The van der Waals surface area contributed by atoms with Crippen LogP contribution in [0.5, 0.6) is 0 Å². The van der Waals surface area contributed by atoms with Gasteiger partial charge in [-0.05, 0) is 12.0 Å². The Bertz CT molecular complexity index is 359. The van der Waals surface area contributed by atoms with Crippen molar-refractivity contribution in [1.82, 2.24) is 4.57 Å². The maximum Gasteiger partial charge on any atom is 0.250 e. The fourth-order valence-corrected chi connectivity index (χ4v) is 1.61. The highest BCUT2D eigenvalue weighted by atomic mass is 35.5. The SMILES string of the molecule is CC(C)C(CN)n1cc(Cl)ccc1=O. The summed E-state index contributed by atoms with van der Waals surface area (Å²) in [5, 5.41) is 0.559. The van der Waals surface area contributed by atoms with E-state index in [2.05, 4.69) is 0 Å². The van der Waals surface area contributed by atoms with Crippen LogP contribution in [-0.2, 0) is 0 Å². The minimum atomic E-state index is -0.0569. The molecule has 0 fully saturated rings. The molecule has 1 heterocycles. The fourth-order valence-electron chi connectivity index (χ4n) is 1.44. The minimum absolute atomic E-state index is 0.0150. The van der Waals surface area contributed by atoms with Crippen molar-refractivity contribution in [2.75, 3.05) is 6.54 Å². The predicted molar refractivity (Wildman–Crippen MR) is 58.6 cm³/mol. The van der Waals surface area contributed by atoms with Gasteiger partial charge in [0, 0.05) is 18.8 Å². The number of nitrogens with two attached hydrogens (primary N) is 1. The second-order valence-electron chi connectivity index (χ2n) is 3.64. The van der Waals surface area contributed by atoms with Gasteiger partial charge in [0.1, 0.15) is 0 Å². The minimum Gasteiger partial charge on any atom is -0.328 e. The number of nitrogens with zero attached hydrogens (tertiary/aromatic N) is 1. The van der Waals surface area contributed by atoms with Gasteiger partial charge in [-0.2, -0.15) is 0 Å². The van der Waals surface area contributed by atoms with Gasteiger partial charge in [-0.3, -0.25) is 4.79 Å². The Hall–Kier alpha value is -0.800. The van der Waals surface area contributed by atoms with Crippen molar-refractivity contribution in [3.8, 4) is 0 Å². The molecular weight excluding hydrogens is 200 g/mol. The largest absolute Gasteiger partial charge is 0.328 e. The number of aromatic nitrogens is 1. The van der Waals surface area contributed by atoms with Gasteiger partial charge in [0.2, 0.25) is 0 Å². The Labute approximate surface area is 88.5 Å². The molecular formula is C10H15ClN2O. The van der Waals surface area contributed by atoms with Crippen LogP contribution < -0.4 is 11.3 Å². The Kier molecular flexibility index (Phi) is 3.72. The molecule has 1 atom stereocenters. The highest BCUT2D eigenvalue weighted by Gasteiger charge is 2.14. The molecule has 1 unspecified atom stereocenters. The molecule has 1 rings (SSSR count). The summed E-state index contributed by atoms with van der Waals surface area (Å²) >= 11 is 5.82. The van der Waals surface area contributed by atoms with Gasteiger partial charge in [-0.25, -0.2) is 0 Å². The van der Waals surface area contributed by atoms with E-state index in [1.165, 1.54) is 6.07 Å². The normalized spacial score (nSPS) is 13.2. The topological polar surface area (TPSA) is 48.0 Å². The quantitative estimate of drug-likeness (QED) is 0.832. The lowest BCUT2D eigenvalue weighted by Crippen LogP contribution is -2.31. The number of rotatable bonds is 3. The summed E-state index contributed by atoms with van der Waals surface area (Å²) in [6.07, 6.45) is 1.64. The van der Waals surface area contributed by atoms with Crippen molar-refractivity contribution < 1.29 is 0 Å². The third-order valence-corrected chi connectivity index (χ3v) is 2.49. The zero-order valence-corrected chi connectivity index (χ0v) is 9.16. The van der Waals surface area contributed by atoms with E-state index < -0.39 is 0 Å². The lowest BCUT2D eigenvalue weighted by molar-refractivity contribution is 0.376. The van der Waals surface area contributed by atoms with Gasteiger partial charge in [-0.1, -0.05) is 25.4 Å². The lowest BCUT2D eigenvalue weighted by atomic mass is 10.0. The number of hydrogen-bond donors (Lipinski definition) is 1. The van der Waals surface area contributed by atoms with Crippen LogP contribution in [0.2, 0.25) is 5.02 Å². The van der Waals surface area contributed by atoms with Gasteiger partial charge in [0.25, 0.3) is 5.56 Å². The van der Waals surface area contributed by atoms with Crippen LogP contribution >= 0.6 is 11.6 Å². The van der Waals surface area contributed by atoms with E-state index in [0.717, 1.165) is 0 Å². The molecule has 78 valence electrons. The monoisotopic (exact) mass is 214 g/mol. The lowest BCUT2D eigenvalue weighted by Gasteiger charge is -2.21. The van der Waals surface area contributed by atoms with Crippen molar-refractivity contribution in [2.45, 2.75) is 19.9 Å². The van der Waals surface area contributed by atoms with Gasteiger partial charge < -0.3 is 10.3 Å². The van der Waals surface area contributed by atoms with E-state index in [-0.39, 0.29) is 11.6 Å². The van der Waals surface area contributed by atoms with Crippen LogP contribution in [-0.4, -0.2) is 11.1 Å². The zero-order chi connectivity index (χ0) is 10.7. The molecule has 0 aliphatic rings. The summed E-state index contributed by atoms with van der Waals surface area (Å²) in [7, 11) is 0. The molecule has 0 aliphatic heterocycles. The molecule has 1 aromatic heterocycles. The van der Waals surface area contributed by atoms with Gasteiger partial charge in [0.05, 0.1) is 11.1 Å². The fraction of sp³-hybridized carbons (Fsp3) is 0.500. The number of hydrogen-bond acceptors (Lipinski definition) is 2. The van der Waals surface area contributed by atoms with Crippen LogP contribution in [0, 0.1) is 5.92 Å². The van der Waals surface area contributed by atoms with Crippen LogP contribution in [0.1, 0.15) is 19.9 Å². The molecule has 0 bridgehead atoms. The van der Waals surface area contributed by atoms with E-state index in [0.29, 0.717) is 17.5 Å². The van der Waals surface area contributed by atoms with Crippen LogP contribution in [0.3, 0.4) is 0 Å². The van der Waals surface area contributed by atoms with Gasteiger partial charge >= 0.3 is 0 Å². The van der Waals surface area contributed by atoms with Crippen molar-refractivity contribution in [3.05, 3.63) is 33.7 Å². The average Bonchev–Trinajstić information content (AvgIpc) is 2.11. The molecule has 2 N–H and O–H groups in total. The highest BCUT2D eigenvalue weighted by molar-refractivity contribution is 6.30. The van der Waals surface area contributed by atoms with Crippen LogP contribution in [0.4, 0.5) is 0 Å². The van der Waals surface area contributed by atoms with Crippen LogP contribution in [0.15, 0.2) is 23.1 Å². The number of halogens is 1. The van der Waals surface area contributed by atoms with E-state index in [1.807, 2.05) is 13.8 Å². The summed E-state index contributed by atoms with van der Waals surface area (Å²) in [4.78, 5) is 11.5. The summed E-state index contributed by atoms with van der Waals surface area (Å²) in [6, 6.07) is 3.07. The summed E-state index contributed by atoms with van der Waals surface area (Å²) < 4.78 is 1.60. The van der Waals surface area contributed by atoms with E-state index >= 15 is 0 Å². The molecule has 0 radical (unpaired) electrons. The summed E-state index contributed by atoms with van der Waals surface area (Å²) in [6.45, 7) is 4.51. The molecule has 0 amide bonds. The molecule has 4 heteroatoms. The molecule has 0 saturated carbocycles. The van der Waals surface area contributed by atoms with Crippen molar-refractivity contribution in [3.63, 3.8) is 0 Å². The first-order chi connectivity index (χ1) is 6.56. The maximum atomic E-state index is 11.5. The molecule has 0 spiro atoms. The first-order valence-corrected chi connectivity index (χ1v) is 5.01. The Morgan fingerprint density at radius 2 is 2.14 bits per heavy atom. The summed E-state index contributed by atoms with van der Waals surface area (Å²) in [5.41, 5.74) is 5.56. The van der Waals surface area contributed by atoms with Crippen LogP contribution in [0.25, 0.3) is 0 Å². The smallest absolute Gasteiger partial charge is 0.250 e.